The Labute approximate surface area is 101 Å². The second-order valence-electron chi connectivity index (χ2n) is 5.21. The molecule has 1 saturated heterocycles. The van der Waals surface area contributed by atoms with Crippen molar-refractivity contribution in [2.45, 2.75) is 38.6 Å². The first kappa shape index (κ1) is 12.4. The van der Waals surface area contributed by atoms with Gasteiger partial charge in [-0.05, 0) is 24.7 Å². The third-order valence-electron chi connectivity index (χ3n) is 4.31. The Morgan fingerprint density at radius 2 is 1.94 bits per heavy atom. The van der Waals surface area contributed by atoms with Crippen LogP contribution in [0.3, 0.4) is 0 Å². The van der Waals surface area contributed by atoms with Gasteiger partial charge >= 0.3 is 6.03 Å². The van der Waals surface area contributed by atoms with E-state index in [1.54, 1.807) is 0 Å². The van der Waals surface area contributed by atoms with E-state index in [1.165, 1.54) is 0 Å². The number of nitrogens with zero attached hydrogens (tertiary/aromatic N) is 1. The number of carbonyl (C=O) groups is 2. The van der Waals surface area contributed by atoms with Crippen molar-refractivity contribution in [1.82, 2.24) is 10.2 Å². The summed E-state index contributed by atoms with van der Waals surface area (Å²) in [6, 6.07) is -0.357. The topological polar surface area (TPSA) is 69.6 Å². The first-order chi connectivity index (χ1) is 8.04. The molecule has 3 amide bonds. The molecule has 1 saturated carbocycles. The number of hydrogen-bond donors (Lipinski definition) is 2. The molecule has 0 bridgehead atoms. The zero-order valence-electron chi connectivity index (χ0n) is 10.4. The van der Waals surface area contributed by atoms with Crippen LogP contribution < -0.4 is 5.32 Å². The molecular weight excluding hydrogens is 220 g/mol. The lowest BCUT2D eigenvalue weighted by molar-refractivity contribution is -0.136. The zero-order valence-corrected chi connectivity index (χ0v) is 10.4. The Kier molecular flexibility index (Phi) is 3.12. The maximum absolute atomic E-state index is 12.4. The minimum atomic E-state index is -0.732. The van der Waals surface area contributed by atoms with Crippen LogP contribution in [0, 0.1) is 11.8 Å². The third-order valence-corrected chi connectivity index (χ3v) is 4.31. The lowest BCUT2D eigenvalue weighted by atomic mass is 9.67. The van der Waals surface area contributed by atoms with Crippen molar-refractivity contribution in [3.05, 3.63) is 0 Å². The van der Waals surface area contributed by atoms with E-state index >= 15 is 0 Å². The highest BCUT2D eigenvalue weighted by atomic mass is 16.3. The maximum Gasteiger partial charge on any atom is 0.325 e. The molecule has 5 nitrogen and oxygen atoms in total. The van der Waals surface area contributed by atoms with E-state index in [0.717, 1.165) is 24.2 Å². The quantitative estimate of drug-likeness (QED) is 0.699. The van der Waals surface area contributed by atoms with E-state index in [0.29, 0.717) is 0 Å². The summed E-state index contributed by atoms with van der Waals surface area (Å²) in [5, 5.41) is 11.8. The average Bonchev–Trinajstić information content (AvgIpc) is 2.53. The maximum atomic E-state index is 12.4. The van der Waals surface area contributed by atoms with Gasteiger partial charge in [0.1, 0.15) is 5.54 Å². The Morgan fingerprint density at radius 1 is 1.35 bits per heavy atom. The van der Waals surface area contributed by atoms with Gasteiger partial charge in [-0.3, -0.25) is 9.69 Å². The van der Waals surface area contributed by atoms with E-state index < -0.39 is 5.54 Å². The lowest BCUT2D eigenvalue weighted by Crippen LogP contribution is -2.58. The van der Waals surface area contributed by atoms with Gasteiger partial charge in [0, 0.05) is 0 Å². The standard InChI is InChI=1S/C12H20N2O3/c1-8-4-3-5-9(2)12(8)10(16)14(6-7-15)11(17)13-12/h8-9,15H,3-7H2,1-2H3,(H,13,17). The Morgan fingerprint density at radius 3 is 2.47 bits per heavy atom. The second kappa shape index (κ2) is 4.29. The van der Waals surface area contributed by atoms with Crippen LogP contribution in [-0.2, 0) is 4.79 Å². The number of nitrogens with one attached hydrogen (secondary N) is 1. The number of β-amino-alcohol motifs (C(OH)–C–C–N with tert-alkyl or cyclic N) is 1. The van der Waals surface area contributed by atoms with Gasteiger partial charge in [0.2, 0.25) is 0 Å². The fourth-order valence-electron chi connectivity index (χ4n) is 3.26. The van der Waals surface area contributed by atoms with Gasteiger partial charge in [-0.15, -0.1) is 0 Å². The van der Waals surface area contributed by atoms with Gasteiger partial charge in [0.15, 0.2) is 0 Å². The Hall–Kier alpha value is -1.10. The molecule has 1 aliphatic carbocycles. The fraction of sp³-hybridized carbons (Fsp3) is 0.833. The number of urea groups is 1. The summed E-state index contributed by atoms with van der Waals surface area (Å²) in [5.74, 6) is 0.161. The van der Waals surface area contributed by atoms with Crippen molar-refractivity contribution < 1.29 is 14.7 Å². The van der Waals surface area contributed by atoms with Crippen LogP contribution in [0.4, 0.5) is 4.79 Å². The van der Waals surface area contributed by atoms with Gasteiger partial charge < -0.3 is 10.4 Å². The molecule has 5 heteroatoms. The monoisotopic (exact) mass is 240 g/mol. The predicted octanol–water partition coefficient (Wildman–Crippen LogP) is 0.725. The molecule has 1 aliphatic heterocycles. The van der Waals surface area contributed by atoms with Crippen molar-refractivity contribution >= 4 is 11.9 Å². The highest BCUT2D eigenvalue weighted by Gasteiger charge is 2.57. The van der Waals surface area contributed by atoms with E-state index in [-0.39, 0.29) is 36.9 Å². The van der Waals surface area contributed by atoms with Crippen LogP contribution in [0.5, 0.6) is 0 Å². The summed E-state index contributed by atoms with van der Waals surface area (Å²) in [5.41, 5.74) is -0.732. The molecule has 0 radical (unpaired) electrons. The molecule has 2 rings (SSSR count). The normalized spacial score (nSPS) is 37.7. The van der Waals surface area contributed by atoms with Crippen LogP contribution in [-0.4, -0.2) is 40.6 Å². The number of aliphatic hydroxyl groups excluding tert-OH is 1. The molecule has 2 atom stereocenters. The molecule has 0 aromatic rings. The summed E-state index contributed by atoms with van der Waals surface area (Å²) >= 11 is 0. The van der Waals surface area contributed by atoms with Crippen molar-refractivity contribution in [3.8, 4) is 0 Å². The molecule has 2 N–H and O–H groups in total. The number of carbonyl (C=O) groups excluding carboxylic acids is 2. The predicted molar refractivity (Wildman–Crippen MR) is 62.2 cm³/mol. The molecule has 2 unspecified atom stereocenters. The molecule has 96 valence electrons. The first-order valence-electron chi connectivity index (χ1n) is 6.29. The zero-order chi connectivity index (χ0) is 12.6. The molecule has 1 heterocycles. The minimum absolute atomic E-state index is 0.0891. The van der Waals surface area contributed by atoms with E-state index in [1.807, 2.05) is 13.8 Å². The van der Waals surface area contributed by atoms with Crippen LogP contribution in [0.15, 0.2) is 0 Å². The Balaban J connectivity index is 2.31. The lowest BCUT2D eigenvalue weighted by Gasteiger charge is -2.42. The van der Waals surface area contributed by atoms with E-state index in [9.17, 15) is 9.59 Å². The van der Waals surface area contributed by atoms with Crippen molar-refractivity contribution in [3.63, 3.8) is 0 Å². The van der Waals surface area contributed by atoms with Gasteiger partial charge in [-0.2, -0.15) is 0 Å². The van der Waals surface area contributed by atoms with Gasteiger partial charge in [0.05, 0.1) is 13.2 Å². The molecule has 0 aromatic heterocycles. The van der Waals surface area contributed by atoms with E-state index in [4.69, 9.17) is 5.11 Å². The molecule has 2 fully saturated rings. The van der Waals surface area contributed by atoms with Crippen LogP contribution in [0.2, 0.25) is 0 Å². The summed E-state index contributed by atoms with van der Waals surface area (Å²) < 4.78 is 0. The first-order valence-corrected chi connectivity index (χ1v) is 6.29. The number of rotatable bonds is 2. The summed E-state index contributed by atoms with van der Waals surface area (Å²) in [6.07, 6.45) is 3.03. The SMILES string of the molecule is CC1CCCC(C)C12NC(=O)N(CCO)C2=O. The van der Waals surface area contributed by atoms with Crippen molar-refractivity contribution in [2.24, 2.45) is 11.8 Å². The number of hydrogen-bond acceptors (Lipinski definition) is 3. The molecule has 0 aromatic carbocycles. The van der Waals surface area contributed by atoms with E-state index in [2.05, 4.69) is 5.32 Å². The fourth-order valence-corrected chi connectivity index (χ4v) is 3.26. The van der Waals surface area contributed by atoms with Gasteiger partial charge in [-0.1, -0.05) is 20.3 Å². The molecule has 1 spiro atoms. The number of amides is 3. The molecule has 2 aliphatic rings. The summed E-state index contributed by atoms with van der Waals surface area (Å²) in [7, 11) is 0. The largest absolute Gasteiger partial charge is 0.395 e. The summed E-state index contributed by atoms with van der Waals surface area (Å²) in [4.78, 5) is 25.4. The highest BCUT2D eigenvalue weighted by Crippen LogP contribution is 2.41. The van der Waals surface area contributed by atoms with Crippen LogP contribution in [0.1, 0.15) is 33.1 Å². The van der Waals surface area contributed by atoms with Crippen molar-refractivity contribution in [1.29, 1.82) is 0 Å². The van der Waals surface area contributed by atoms with Gasteiger partial charge in [0.25, 0.3) is 5.91 Å². The molecular formula is C12H20N2O3. The van der Waals surface area contributed by atoms with Crippen LogP contribution in [0.25, 0.3) is 0 Å². The average molecular weight is 240 g/mol. The number of aliphatic hydroxyl groups is 1. The minimum Gasteiger partial charge on any atom is -0.395 e. The van der Waals surface area contributed by atoms with Crippen LogP contribution >= 0.6 is 0 Å². The highest BCUT2D eigenvalue weighted by molar-refractivity contribution is 6.07. The number of imide groups is 1. The second-order valence-corrected chi connectivity index (χ2v) is 5.21. The smallest absolute Gasteiger partial charge is 0.325 e. The van der Waals surface area contributed by atoms with Crippen molar-refractivity contribution in [2.75, 3.05) is 13.2 Å². The molecule has 17 heavy (non-hydrogen) atoms. The summed E-state index contributed by atoms with van der Waals surface area (Å²) in [6.45, 7) is 3.95. The third kappa shape index (κ3) is 1.64. The van der Waals surface area contributed by atoms with Gasteiger partial charge in [-0.25, -0.2) is 4.79 Å². The Bertz CT molecular complexity index is 333.